The van der Waals surface area contributed by atoms with E-state index in [0.717, 1.165) is 35.6 Å². The average molecular weight is 612 g/mol. The van der Waals surface area contributed by atoms with E-state index in [-0.39, 0.29) is 29.1 Å². The molecule has 1 atom stereocenters. The molecule has 0 radical (unpaired) electrons. The van der Waals surface area contributed by atoms with Crippen LogP contribution in [0.5, 0.6) is 5.75 Å². The Kier molecular flexibility index (Phi) is 10.9. The summed E-state index contributed by atoms with van der Waals surface area (Å²) in [7, 11) is -4.19. The molecule has 1 aliphatic rings. The third kappa shape index (κ3) is 7.63. The minimum Gasteiger partial charge on any atom is -0.492 e. The first-order valence-corrected chi connectivity index (χ1v) is 16.2. The molecule has 8 nitrogen and oxygen atoms in total. The first-order valence-electron chi connectivity index (χ1n) is 14.4. The number of rotatable bonds is 13. The zero-order valence-corrected chi connectivity index (χ0v) is 25.6. The topological polar surface area (TPSA) is 96.0 Å². The van der Waals surface area contributed by atoms with Crippen molar-refractivity contribution in [3.8, 4) is 5.75 Å². The highest BCUT2D eigenvalue weighted by atomic mass is 35.5. The van der Waals surface area contributed by atoms with E-state index in [4.69, 9.17) is 16.3 Å². The molecule has 0 spiro atoms. The zero-order chi connectivity index (χ0) is 30.1. The second-order valence-electron chi connectivity index (χ2n) is 10.3. The van der Waals surface area contributed by atoms with Gasteiger partial charge in [-0.25, -0.2) is 8.42 Å². The van der Waals surface area contributed by atoms with Gasteiger partial charge in [0.2, 0.25) is 11.8 Å². The summed E-state index contributed by atoms with van der Waals surface area (Å²) in [4.78, 5) is 29.3. The summed E-state index contributed by atoms with van der Waals surface area (Å²) in [5, 5.41) is 3.67. The molecule has 224 valence electrons. The predicted octanol–water partition coefficient (Wildman–Crippen LogP) is 5.80. The van der Waals surface area contributed by atoms with Crippen molar-refractivity contribution in [2.24, 2.45) is 0 Å². The van der Waals surface area contributed by atoms with Gasteiger partial charge < -0.3 is 15.0 Å². The quantitative estimate of drug-likeness (QED) is 0.264. The van der Waals surface area contributed by atoms with E-state index in [0.29, 0.717) is 23.8 Å². The zero-order valence-electron chi connectivity index (χ0n) is 24.0. The number of benzene rings is 3. The van der Waals surface area contributed by atoms with Crippen LogP contribution in [-0.4, -0.2) is 50.4 Å². The lowest BCUT2D eigenvalue weighted by atomic mass is 10.1. The van der Waals surface area contributed by atoms with E-state index in [2.05, 4.69) is 5.32 Å². The molecule has 3 aromatic rings. The number of ether oxygens (including phenoxy) is 1. The van der Waals surface area contributed by atoms with E-state index >= 15 is 0 Å². The molecular formula is C32H38ClN3O5S. The Balaban J connectivity index is 1.74. The van der Waals surface area contributed by atoms with E-state index in [1.807, 2.05) is 6.92 Å². The van der Waals surface area contributed by atoms with Gasteiger partial charge in [-0.1, -0.05) is 73.8 Å². The maximum Gasteiger partial charge on any atom is 0.264 e. The molecule has 1 aliphatic carbocycles. The molecule has 0 heterocycles. The minimum absolute atomic E-state index is 0.0411. The van der Waals surface area contributed by atoms with Crippen LogP contribution in [0.1, 0.15) is 51.5 Å². The highest BCUT2D eigenvalue weighted by Gasteiger charge is 2.35. The number of carbonyl (C=O) groups excluding carboxylic acids is 2. The number of sulfonamides is 1. The van der Waals surface area contributed by atoms with Crippen molar-refractivity contribution in [2.45, 2.75) is 69.5 Å². The van der Waals surface area contributed by atoms with Gasteiger partial charge in [0.05, 0.1) is 17.2 Å². The van der Waals surface area contributed by atoms with Crippen LogP contribution in [0.4, 0.5) is 5.69 Å². The highest BCUT2D eigenvalue weighted by molar-refractivity contribution is 7.92. The van der Waals surface area contributed by atoms with Crippen LogP contribution < -0.4 is 14.4 Å². The van der Waals surface area contributed by atoms with Crippen LogP contribution in [0.2, 0.25) is 5.02 Å². The largest absolute Gasteiger partial charge is 0.492 e. The van der Waals surface area contributed by atoms with Crippen LogP contribution in [-0.2, 0) is 26.2 Å². The minimum atomic E-state index is -4.19. The number of anilines is 1. The van der Waals surface area contributed by atoms with Gasteiger partial charge in [0.1, 0.15) is 18.3 Å². The van der Waals surface area contributed by atoms with Crippen molar-refractivity contribution in [3.05, 3.63) is 89.4 Å². The molecule has 4 rings (SSSR count). The fourth-order valence-electron chi connectivity index (χ4n) is 5.25. The molecule has 0 bridgehead atoms. The summed E-state index contributed by atoms with van der Waals surface area (Å²) in [5.41, 5.74) is 1.01. The average Bonchev–Trinajstić information content (AvgIpc) is 3.50. The van der Waals surface area contributed by atoms with Crippen molar-refractivity contribution in [3.63, 3.8) is 0 Å². The Morgan fingerprint density at radius 3 is 2.24 bits per heavy atom. The molecule has 42 heavy (non-hydrogen) atoms. The molecule has 0 aromatic heterocycles. The third-order valence-corrected chi connectivity index (χ3v) is 9.42. The van der Waals surface area contributed by atoms with Gasteiger partial charge >= 0.3 is 0 Å². The third-order valence-electron chi connectivity index (χ3n) is 7.40. The smallest absolute Gasteiger partial charge is 0.264 e. The number of hydrogen-bond acceptors (Lipinski definition) is 5. The lowest BCUT2D eigenvalue weighted by Crippen LogP contribution is -2.53. The maximum atomic E-state index is 14.3. The summed E-state index contributed by atoms with van der Waals surface area (Å²) in [6, 6.07) is 21.0. The molecule has 10 heteroatoms. The van der Waals surface area contributed by atoms with Crippen LogP contribution in [0.3, 0.4) is 0 Å². The second kappa shape index (κ2) is 14.6. The summed E-state index contributed by atoms with van der Waals surface area (Å²) in [6.07, 6.45) is 4.29. The van der Waals surface area contributed by atoms with Crippen LogP contribution in [0, 0.1) is 0 Å². The summed E-state index contributed by atoms with van der Waals surface area (Å²) >= 11 is 6.10. The number of halogens is 1. The van der Waals surface area contributed by atoms with Gasteiger partial charge in [0, 0.05) is 17.6 Å². The molecule has 2 amide bonds. The van der Waals surface area contributed by atoms with E-state index in [1.165, 1.54) is 17.0 Å². The fourth-order valence-corrected chi connectivity index (χ4v) is 6.82. The molecule has 1 fully saturated rings. The Morgan fingerprint density at radius 1 is 0.952 bits per heavy atom. The van der Waals surface area contributed by atoms with Gasteiger partial charge in [-0.2, -0.15) is 0 Å². The molecule has 1 unspecified atom stereocenters. The van der Waals surface area contributed by atoms with E-state index in [1.54, 1.807) is 73.7 Å². The SMILES string of the molecule is CCOc1ccccc1N(CC(=O)N(Cc1ccc(Cl)cc1)C(CC)C(=O)NC1CCCC1)S(=O)(=O)c1ccccc1. The normalized spacial score (nSPS) is 14.3. The van der Waals surface area contributed by atoms with Crippen LogP contribution in [0.15, 0.2) is 83.8 Å². The summed E-state index contributed by atoms with van der Waals surface area (Å²) in [5.74, 6) is -0.411. The highest BCUT2D eigenvalue weighted by Crippen LogP contribution is 2.33. The predicted molar refractivity (Wildman–Crippen MR) is 165 cm³/mol. The van der Waals surface area contributed by atoms with Gasteiger partial charge in [-0.3, -0.25) is 13.9 Å². The van der Waals surface area contributed by atoms with Crippen molar-refractivity contribution < 1.29 is 22.7 Å². The number of carbonyl (C=O) groups is 2. The van der Waals surface area contributed by atoms with Gasteiger partial charge in [-0.05, 0) is 68.1 Å². The monoisotopic (exact) mass is 611 g/mol. The lowest BCUT2D eigenvalue weighted by Gasteiger charge is -2.34. The molecule has 3 aromatic carbocycles. The fraction of sp³-hybridized carbons (Fsp3) is 0.375. The van der Waals surface area contributed by atoms with Crippen molar-refractivity contribution in [2.75, 3.05) is 17.5 Å². The standard InChI is InChI=1S/C32H38ClN3O5S/c1-3-28(32(38)34-26-12-8-9-13-26)35(22-24-18-20-25(33)21-19-24)31(37)23-36(29-16-10-11-17-30(29)41-4-2)42(39,40)27-14-6-5-7-15-27/h5-7,10-11,14-21,26,28H,3-4,8-9,12-13,22-23H2,1-2H3,(H,34,38). The lowest BCUT2D eigenvalue weighted by molar-refractivity contribution is -0.140. The maximum absolute atomic E-state index is 14.3. The van der Waals surface area contributed by atoms with Crippen LogP contribution in [0.25, 0.3) is 0 Å². The number of nitrogens with one attached hydrogen (secondary N) is 1. The molecule has 1 saturated carbocycles. The molecule has 0 aliphatic heterocycles. The Labute approximate surface area is 253 Å². The van der Waals surface area contributed by atoms with Crippen molar-refractivity contribution >= 4 is 39.1 Å². The van der Waals surface area contributed by atoms with Crippen molar-refractivity contribution in [1.29, 1.82) is 0 Å². The molecular weight excluding hydrogens is 574 g/mol. The Hall–Kier alpha value is -3.56. The number of para-hydroxylation sites is 2. The van der Waals surface area contributed by atoms with E-state index < -0.39 is 28.5 Å². The van der Waals surface area contributed by atoms with Gasteiger partial charge in [-0.15, -0.1) is 0 Å². The summed E-state index contributed by atoms with van der Waals surface area (Å²) in [6.45, 7) is 3.55. The van der Waals surface area contributed by atoms with Crippen LogP contribution >= 0.6 is 11.6 Å². The first kappa shape index (κ1) is 31.4. The number of amides is 2. The van der Waals surface area contributed by atoms with Gasteiger partial charge in [0.15, 0.2) is 0 Å². The van der Waals surface area contributed by atoms with Gasteiger partial charge in [0.25, 0.3) is 10.0 Å². The second-order valence-corrected chi connectivity index (χ2v) is 12.6. The number of hydrogen-bond donors (Lipinski definition) is 1. The Morgan fingerprint density at radius 2 is 1.60 bits per heavy atom. The Bertz CT molecular complexity index is 1440. The molecule has 0 saturated heterocycles. The first-order chi connectivity index (χ1) is 20.2. The molecule has 1 N–H and O–H groups in total. The van der Waals surface area contributed by atoms with E-state index in [9.17, 15) is 18.0 Å². The summed E-state index contributed by atoms with van der Waals surface area (Å²) < 4.78 is 35.0. The number of nitrogens with zero attached hydrogens (tertiary/aromatic N) is 2. The van der Waals surface area contributed by atoms with Crippen molar-refractivity contribution in [1.82, 2.24) is 10.2 Å².